The molecule has 0 unspecified atom stereocenters. The van der Waals surface area contributed by atoms with Crippen LogP contribution in [0.1, 0.15) is 11.3 Å². The van der Waals surface area contributed by atoms with E-state index in [0.717, 1.165) is 11.3 Å². The summed E-state index contributed by atoms with van der Waals surface area (Å²) in [4.78, 5) is 11.7. The minimum atomic E-state index is -0.0612. The summed E-state index contributed by atoms with van der Waals surface area (Å²) in [7, 11) is 0. The van der Waals surface area contributed by atoms with Gasteiger partial charge in [0.25, 0.3) is 5.56 Å². The Morgan fingerprint density at radius 3 is 2.50 bits per heavy atom. The van der Waals surface area contributed by atoms with Gasteiger partial charge in [0.2, 0.25) is 0 Å². The first-order valence-corrected chi connectivity index (χ1v) is 5.45. The standard InChI is InChI=1S/C13H12ClNO/c1-10-7-12(14)8-13(16)15(10)9-11-5-3-2-4-6-11/h2-8H,9H2,1H3. The van der Waals surface area contributed by atoms with Crippen LogP contribution in [0.2, 0.25) is 5.02 Å². The Balaban J connectivity index is 2.39. The van der Waals surface area contributed by atoms with Gasteiger partial charge in [0.15, 0.2) is 0 Å². The molecule has 0 bridgehead atoms. The van der Waals surface area contributed by atoms with Crippen LogP contribution in [0, 0.1) is 6.92 Å². The van der Waals surface area contributed by atoms with Gasteiger partial charge in [0.1, 0.15) is 0 Å². The molecule has 0 saturated carbocycles. The normalized spacial score (nSPS) is 10.4. The van der Waals surface area contributed by atoms with E-state index in [4.69, 9.17) is 11.6 Å². The van der Waals surface area contributed by atoms with Crippen LogP contribution in [0.3, 0.4) is 0 Å². The van der Waals surface area contributed by atoms with Crippen molar-refractivity contribution in [3.63, 3.8) is 0 Å². The SMILES string of the molecule is Cc1cc(Cl)cc(=O)n1Cc1ccccc1. The van der Waals surface area contributed by atoms with Gasteiger partial charge < -0.3 is 4.57 Å². The van der Waals surface area contributed by atoms with Crippen molar-refractivity contribution in [3.05, 3.63) is 69.1 Å². The van der Waals surface area contributed by atoms with E-state index in [1.165, 1.54) is 6.07 Å². The molecule has 1 aromatic heterocycles. The summed E-state index contributed by atoms with van der Waals surface area (Å²) in [5.41, 5.74) is 1.92. The second-order valence-electron chi connectivity index (χ2n) is 3.72. The van der Waals surface area contributed by atoms with Crippen molar-refractivity contribution >= 4 is 11.6 Å². The number of nitrogens with zero attached hydrogens (tertiary/aromatic N) is 1. The average Bonchev–Trinajstić information content (AvgIpc) is 2.25. The van der Waals surface area contributed by atoms with Crippen molar-refractivity contribution in [1.82, 2.24) is 4.57 Å². The Kier molecular flexibility index (Phi) is 3.11. The number of benzene rings is 1. The van der Waals surface area contributed by atoms with Crippen molar-refractivity contribution in [2.75, 3.05) is 0 Å². The molecule has 0 aliphatic rings. The maximum absolute atomic E-state index is 11.7. The van der Waals surface area contributed by atoms with Crippen LogP contribution in [0.15, 0.2) is 47.3 Å². The lowest BCUT2D eigenvalue weighted by Crippen LogP contribution is -2.21. The number of aryl methyl sites for hydroxylation is 1. The second-order valence-corrected chi connectivity index (χ2v) is 4.16. The first kappa shape index (κ1) is 11.0. The molecule has 1 aromatic carbocycles. The summed E-state index contributed by atoms with van der Waals surface area (Å²) >= 11 is 5.81. The molecule has 16 heavy (non-hydrogen) atoms. The van der Waals surface area contributed by atoms with Gasteiger partial charge >= 0.3 is 0 Å². The molecule has 0 aliphatic heterocycles. The quantitative estimate of drug-likeness (QED) is 0.782. The Morgan fingerprint density at radius 1 is 1.19 bits per heavy atom. The fraction of sp³-hybridized carbons (Fsp3) is 0.154. The van der Waals surface area contributed by atoms with E-state index in [1.807, 2.05) is 37.3 Å². The molecular formula is C13H12ClNO. The average molecular weight is 234 g/mol. The van der Waals surface area contributed by atoms with Crippen molar-refractivity contribution in [3.8, 4) is 0 Å². The summed E-state index contributed by atoms with van der Waals surface area (Å²) in [5.74, 6) is 0. The van der Waals surface area contributed by atoms with E-state index in [0.29, 0.717) is 11.6 Å². The monoisotopic (exact) mass is 233 g/mol. The third-order valence-electron chi connectivity index (χ3n) is 2.48. The Morgan fingerprint density at radius 2 is 1.88 bits per heavy atom. The lowest BCUT2D eigenvalue weighted by molar-refractivity contribution is 0.730. The molecule has 82 valence electrons. The molecule has 0 amide bonds. The highest BCUT2D eigenvalue weighted by atomic mass is 35.5. The largest absolute Gasteiger partial charge is 0.308 e. The predicted molar refractivity (Wildman–Crippen MR) is 66.0 cm³/mol. The smallest absolute Gasteiger partial charge is 0.252 e. The molecule has 2 nitrogen and oxygen atoms in total. The molecule has 0 spiro atoms. The van der Waals surface area contributed by atoms with Crippen LogP contribution < -0.4 is 5.56 Å². The Labute approximate surface area is 99.1 Å². The van der Waals surface area contributed by atoms with Crippen LogP contribution in [0.25, 0.3) is 0 Å². The van der Waals surface area contributed by atoms with E-state index in [1.54, 1.807) is 10.6 Å². The molecule has 2 aromatic rings. The highest BCUT2D eigenvalue weighted by Gasteiger charge is 2.02. The third-order valence-corrected chi connectivity index (χ3v) is 2.70. The van der Waals surface area contributed by atoms with E-state index in [2.05, 4.69) is 0 Å². The van der Waals surface area contributed by atoms with Crippen LogP contribution in [0.5, 0.6) is 0 Å². The molecule has 0 fully saturated rings. The minimum Gasteiger partial charge on any atom is -0.308 e. The van der Waals surface area contributed by atoms with Crippen LogP contribution in [0.4, 0.5) is 0 Å². The molecule has 0 atom stereocenters. The number of aromatic nitrogens is 1. The summed E-state index contributed by atoms with van der Waals surface area (Å²) in [6.45, 7) is 2.47. The summed E-state index contributed by atoms with van der Waals surface area (Å²) < 4.78 is 1.71. The Bertz CT molecular complexity index is 546. The molecule has 0 N–H and O–H groups in total. The van der Waals surface area contributed by atoms with Crippen molar-refractivity contribution in [1.29, 1.82) is 0 Å². The predicted octanol–water partition coefficient (Wildman–Crippen LogP) is 2.86. The van der Waals surface area contributed by atoms with E-state index in [-0.39, 0.29) is 5.56 Å². The zero-order valence-corrected chi connectivity index (χ0v) is 9.74. The zero-order valence-electron chi connectivity index (χ0n) is 8.98. The maximum Gasteiger partial charge on any atom is 0.252 e. The fourth-order valence-electron chi connectivity index (χ4n) is 1.66. The molecule has 2 rings (SSSR count). The zero-order chi connectivity index (χ0) is 11.5. The summed E-state index contributed by atoms with van der Waals surface area (Å²) in [6.07, 6.45) is 0. The van der Waals surface area contributed by atoms with E-state index >= 15 is 0 Å². The summed E-state index contributed by atoms with van der Waals surface area (Å²) in [5, 5.41) is 0.492. The molecule has 3 heteroatoms. The highest BCUT2D eigenvalue weighted by molar-refractivity contribution is 6.30. The van der Waals surface area contributed by atoms with Gasteiger partial charge in [-0.05, 0) is 18.6 Å². The van der Waals surface area contributed by atoms with Crippen LogP contribution >= 0.6 is 11.6 Å². The van der Waals surface area contributed by atoms with Crippen molar-refractivity contribution < 1.29 is 0 Å². The topological polar surface area (TPSA) is 22.0 Å². The number of hydrogen-bond donors (Lipinski definition) is 0. The van der Waals surface area contributed by atoms with Crippen molar-refractivity contribution in [2.45, 2.75) is 13.5 Å². The second kappa shape index (κ2) is 4.54. The molecule has 0 saturated heterocycles. The first-order valence-electron chi connectivity index (χ1n) is 5.08. The van der Waals surface area contributed by atoms with Gasteiger partial charge in [0, 0.05) is 16.8 Å². The van der Waals surface area contributed by atoms with Crippen LogP contribution in [-0.4, -0.2) is 4.57 Å². The molecule has 0 radical (unpaired) electrons. The lowest BCUT2D eigenvalue weighted by Gasteiger charge is -2.09. The third kappa shape index (κ3) is 2.34. The van der Waals surface area contributed by atoms with Gasteiger partial charge in [-0.2, -0.15) is 0 Å². The first-order chi connectivity index (χ1) is 7.66. The van der Waals surface area contributed by atoms with Crippen molar-refractivity contribution in [2.24, 2.45) is 0 Å². The van der Waals surface area contributed by atoms with Gasteiger partial charge in [-0.15, -0.1) is 0 Å². The number of hydrogen-bond acceptors (Lipinski definition) is 1. The molecular weight excluding hydrogens is 222 g/mol. The minimum absolute atomic E-state index is 0.0612. The van der Waals surface area contributed by atoms with Gasteiger partial charge in [0.05, 0.1) is 6.54 Å². The number of pyridine rings is 1. The van der Waals surface area contributed by atoms with Gasteiger partial charge in [-0.3, -0.25) is 4.79 Å². The number of rotatable bonds is 2. The van der Waals surface area contributed by atoms with E-state index in [9.17, 15) is 4.79 Å². The summed E-state index contributed by atoms with van der Waals surface area (Å²) in [6, 6.07) is 13.1. The van der Waals surface area contributed by atoms with Gasteiger partial charge in [-0.25, -0.2) is 0 Å². The molecule has 0 aliphatic carbocycles. The fourth-order valence-corrected chi connectivity index (χ4v) is 1.91. The van der Waals surface area contributed by atoms with Crippen LogP contribution in [-0.2, 0) is 6.54 Å². The van der Waals surface area contributed by atoms with E-state index < -0.39 is 0 Å². The highest BCUT2D eigenvalue weighted by Crippen LogP contribution is 2.09. The lowest BCUT2D eigenvalue weighted by atomic mass is 10.2. The maximum atomic E-state index is 11.7. The Hall–Kier alpha value is -1.54. The number of halogens is 1. The van der Waals surface area contributed by atoms with Gasteiger partial charge in [-0.1, -0.05) is 41.9 Å². The molecule has 1 heterocycles.